The molecule has 5 aromatic rings. The Morgan fingerprint density at radius 2 is 1.89 bits per heavy atom. The number of benzene rings is 2. The van der Waals surface area contributed by atoms with E-state index in [1.54, 1.807) is 10.9 Å². The average Bonchev–Trinajstić information content (AvgIpc) is 3.53. The summed E-state index contributed by atoms with van der Waals surface area (Å²) >= 11 is 6.59. The number of pyridine rings is 1. The van der Waals surface area contributed by atoms with Crippen molar-refractivity contribution in [2.45, 2.75) is 52.4 Å². The number of aromatic amines is 1. The molecule has 0 spiro atoms. The quantitative estimate of drug-likeness (QED) is 0.302. The highest BCUT2D eigenvalue weighted by Gasteiger charge is 2.34. The summed E-state index contributed by atoms with van der Waals surface area (Å²) in [4.78, 5) is 18.9. The van der Waals surface area contributed by atoms with Crippen LogP contribution in [0.4, 0.5) is 0 Å². The molecule has 37 heavy (non-hydrogen) atoms. The smallest absolute Gasteiger partial charge is 0.253 e. The lowest BCUT2D eigenvalue weighted by Crippen LogP contribution is -2.37. The summed E-state index contributed by atoms with van der Waals surface area (Å²) in [6, 6.07) is 18.8. The van der Waals surface area contributed by atoms with E-state index in [-0.39, 0.29) is 5.56 Å². The maximum Gasteiger partial charge on any atom is 0.253 e. The number of rotatable bonds is 7. The second kappa shape index (κ2) is 9.95. The van der Waals surface area contributed by atoms with Gasteiger partial charge in [0.05, 0.1) is 18.3 Å². The van der Waals surface area contributed by atoms with E-state index in [1.807, 2.05) is 88.4 Å². The third-order valence-corrected chi connectivity index (χ3v) is 6.70. The second-order valence-corrected chi connectivity index (χ2v) is 10.6. The molecule has 1 N–H and O–H groups in total. The maximum absolute atomic E-state index is 13.7. The second-order valence-electron chi connectivity index (χ2n) is 10.2. The number of nitrogens with one attached hydrogen (secondary N) is 1. The van der Waals surface area contributed by atoms with Gasteiger partial charge < -0.3 is 9.40 Å². The average molecular weight is 517 g/mol. The van der Waals surface area contributed by atoms with Crippen molar-refractivity contribution in [3.05, 3.63) is 111 Å². The third-order valence-electron chi connectivity index (χ3n) is 6.33. The Morgan fingerprint density at radius 3 is 2.62 bits per heavy atom. The highest BCUT2D eigenvalue weighted by Crippen LogP contribution is 2.33. The number of H-pyrrole nitrogens is 1. The Hall–Kier alpha value is -3.75. The van der Waals surface area contributed by atoms with E-state index < -0.39 is 11.6 Å². The molecule has 0 aliphatic rings. The number of hydrogen-bond acceptors (Lipinski definition) is 6. The van der Waals surface area contributed by atoms with Gasteiger partial charge in [0.1, 0.15) is 11.8 Å². The first-order valence-electron chi connectivity index (χ1n) is 12.1. The van der Waals surface area contributed by atoms with E-state index >= 15 is 0 Å². The largest absolute Gasteiger partial charge is 0.468 e. The first-order chi connectivity index (χ1) is 17.7. The van der Waals surface area contributed by atoms with Crippen LogP contribution in [0.25, 0.3) is 10.9 Å². The van der Waals surface area contributed by atoms with Crippen LogP contribution in [0.2, 0.25) is 5.02 Å². The molecule has 0 aliphatic heterocycles. The number of aryl methyl sites for hydroxylation is 1. The molecule has 8 nitrogen and oxygen atoms in total. The number of hydrogen-bond donors (Lipinski definition) is 1. The van der Waals surface area contributed by atoms with Gasteiger partial charge in [-0.15, -0.1) is 5.10 Å². The van der Waals surface area contributed by atoms with E-state index in [4.69, 9.17) is 16.0 Å². The number of nitrogens with zero attached hydrogens (tertiary/aromatic N) is 5. The van der Waals surface area contributed by atoms with E-state index in [0.717, 1.165) is 27.8 Å². The van der Waals surface area contributed by atoms with Gasteiger partial charge in [0.25, 0.3) is 5.56 Å². The Balaban J connectivity index is 1.74. The molecule has 2 aromatic carbocycles. The van der Waals surface area contributed by atoms with Crippen LogP contribution >= 0.6 is 11.6 Å². The van der Waals surface area contributed by atoms with E-state index in [9.17, 15) is 4.79 Å². The minimum atomic E-state index is -0.593. The number of fused-ring (bicyclic) bond motifs is 1. The molecule has 0 fully saturated rings. The van der Waals surface area contributed by atoms with Crippen LogP contribution in [0.15, 0.2) is 76.1 Å². The lowest BCUT2D eigenvalue weighted by Gasteiger charge is -2.32. The summed E-state index contributed by atoms with van der Waals surface area (Å²) in [7, 11) is 0. The van der Waals surface area contributed by atoms with Gasteiger partial charge in [0, 0.05) is 22.6 Å². The van der Waals surface area contributed by atoms with Gasteiger partial charge in [-0.2, -0.15) is 0 Å². The normalized spacial score (nSPS) is 12.9. The number of aromatic nitrogens is 5. The molecule has 5 rings (SSSR count). The van der Waals surface area contributed by atoms with Crippen LogP contribution in [0, 0.1) is 6.92 Å². The van der Waals surface area contributed by atoms with Crippen LogP contribution in [0.5, 0.6) is 0 Å². The minimum Gasteiger partial charge on any atom is -0.468 e. The summed E-state index contributed by atoms with van der Waals surface area (Å²) in [6.45, 7) is 8.94. The van der Waals surface area contributed by atoms with Crippen molar-refractivity contribution in [2.24, 2.45) is 0 Å². The van der Waals surface area contributed by atoms with E-state index in [1.165, 1.54) is 0 Å². The van der Waals surface area contributed by atoms with Crippen LogP contribution in [0.3, 0.4) is 0 Å². The Labute approximate surface area is 219 Å². The van der Waals surface area contributed by atoms with E-state index in [0.29, 0.717) is 29.5 Å². The maximum atomic E-state index is 13.7. The van der Waals surface area contributed by atoms with Gasteiger partial charge in [-0.05, 0) is 85.0 Å². The van der Waals surface area contributed by atoms with Gasteiger partial charge >= 0.3 is 0 Å². The van der Waals surface area contributed by atoms with Crippen LogP contribution in [-0.2, 0) is 18.6 Å². The third kappa shape index (κ3) is 5.21. The Kier molecular flexibility index (Phi) is 6.70. The van der Waals surface area contributed by atoms with Crippen LogP contribution in [0.1, 0.15) is 55.1 Å². The molecule has 0 radical (unpaired) electrons. The molecule has 0 saturated heterocycles. The van der Waals surface area contributed by atoms with Crippen molar-refractivity contribution in [2.75, 3.05) is 0 Å². The van der Waals surface area contributed by atoms with Crippen LogP contribution in [-0.4, -0.2) is 30.1 Å². The molecule has 3 heterocycles. The van der Waals surface area contributed by atoms with Crippen molar-refractivity contribution in [3.63, 3.8) is 0 Å². The van der Waals surface area contributed by atoms with Gasteiger partial charge in [-0.1, -0.05) is 41.9 Å². The molecule has 0 saturated carbocycles. The van der Waals surface area contributed by atoms with Crippen molar-refractivity contribution in [1.82, 2.24) is 30.1 Å². The van der Waals surface area contributed by atoms with Crippen molar-refractivity contribution in [1.29, 1.82) is 0 Å². The Morgan fingerprint density at radius 1 is 1.08 bits per heavy atom. The topological polar surface area (TPSA) is 92.8 Å². The monoisotopic (exact) mass is 516 g/mol. The molecule has 0 bridgehead atoms. The summed E-state index contributed by atoms with van der Waals surface area (Å²) in [5.41, 5.74) is 2.70. The van der Waals surface area contributed by atoms with Gasteiger partial charge in [-0.3, -0.25) is 9.69 Å². The molecule has 3 aromatic heterocycles. The highest BCUT2D eigenvalue weighted by molar-refractivity contribution is 6.31. The van der Waals surface area contributed by atoms with Gasteiger partial charge in [0.2, 0.25) is 0 Å². The standard InChI is InChI=1S/C28H29ClN6O2/c1-18-11-12-19-15-22(27(36)30-24(19)14-18)25(26-31-32-33-35(26)28(2,3)4)34(17-21-9-7-13-37-21)16-20-8-5-6-10-23(20)29/h5-15,25H,16-17H2,1-4H3,(H,30,36). The fourth-order valence-electron chi connectivity index (χ4n) is 4.56. The number of halogens is 1. The molecular weight excluding hydrogens is 488 g/mol. The van der Waals surface area contributed by atoms with Gasteiger partial charge in [0.15, 0.2) is 5.82 Å². The molecular formula is C28H29ClN6O2. The first-order valence-corrected chi connectivity index (χ1v) is 12.5. The minimum absolute atomic E-state index is 0.199. The molecule has 9 heteroatoms. The molecule has 0 amide bonds. The molecule has 190 valence electrons. The summed E-state index contributed by atoms with van der Waals surface area (Å²) in [5, 5.41) is 14.3. The lowest BCUT2D eigenvalue weighted by molar-refractivity contribution is 0.171. The van der Waals surface area contributed by atoms with Crippen molar-refractivity contribution < 1.29 is 4.42 Å². The zero-order valence-corrected chi connectivity index (χ0v) is 22.0. The van der Waals surface area contributed by atoms with Crippen molar-refractivity contribution >= 4 is 22.5 Å². The number of tetrazole rings is 1. The van der Waals surface area contributed by atoms with Crippen LogP contribution < -0.4 is 5.56 Å². The lowest BCUT2D eigenvalue weighted by atomic mass is 10.0. The molecule has 1 unspecified atom stereocenters. The van der Waals surface area contributed by atoms with E-state index in [2.05, 4.69) is 25.4 Å². The summed E-state index contributed by atoms with van der Waals surface area (Å²) in [5.74, 6) is 1.31. The van der Waals surface area contributed by atoms with Crippen molar-refractivity contribution in [3.8, 4) is 0 Å². The summed E-state index contributed by atoms with van der Waals surface area (Å²) in [6.07, 6.45) is 1.64. The SMILES string of the molecule is Cc1ccc2cc(C(c3nnnn3C(C)(C)C)N(Cc3ccco3)Cc3ccccc3Cl)c(=O)[nH]c2c1. The highest BCUT2D eigenvalue weighted by atomic mass is 35.5. The predicted molar refractivity (Wildman–Crippen MR) is 143 cm³/mol. The molecule has 1 atom stereocenters. The Bertz CT molecular complexity index is 1580. The van der Waals surface area contributed by atoms with Gasteiger partial charge in [-0.25, -0.2) is 4.68 Å². The number of furan rings is 1. The summed E-state index contributed by atoms with van der Waals surface area (Å²) < 4.78 is 7.50. The first kappa shape index (κ1) is 24.9. The molecule has 0 aliphatic carbocycles. The zero-order chi connectivity index (χ0) is 26.2. The predicted octanol–water partition coefficient (Wildman–Crippen LogP) is 5.62. The fraction of sp³-hybridized carbons (Fsp3) is 0.286. The fourth-order valence-corrected chi connectivity index (χ4v) is 4.76. The zero-order valence-electron chi connectivity index (χ0n) is 21.3.